The molecule has 1 aliphatic rings. The minimum atomic E-state index is 0.0973. The Morgan fingerprint density at radius 1 is 1.10 bits per heavy atom. The maximum Gasteiger partial charge on any atom is 0.0361 e. The zero-order chi connectivity index (χ0) is 14.6. The fourth-order valence-electron chi connectivity index (χ4n) is 3.10. The number of hydrogen-bond donors (Lipinski definition) is 1. The summed E-state index contributed by atoms with van der Waals surface area (Å²) in [5, 5.41) is 0. The average molecular weight is 275 g/mol. The van der Waals surface area contributed by atoms with Crippen molar-refractivity contribution in [3.8, 4) is 0 Å². The van der Waals surface area contributed by atoms with E-state index in [0.717, 1.165) is 13.0 Å². The Hall–Kier alpha value is -1.06. The van der Waals surface area contributed by atoms with Gasteiger partial charge in [0.15, 0.2) is 0 Å². The lowest BCUT2D eigenvalue weighted by Crippen LogP contribution is -2.54. The summed E-state index contributed by atoms with van der Waals surface area (Å²) in [4.78, 5) is 4.73. The molecule has 1 aliphatic heterocycles. The van der Waals surface area contributed by atoms with Crippen LogP contribution in [-0.4, -0.2) is 44.2 Å². The van der Waals surface area contributed by atoms with Crippen molar-refractivity contribution in [1.82, 2.24) is 4.90 Å². The van der Waals surface area contributed by atoms with E-state index in [1.807, 2.05) is 0 Å². The second-order valence-corrected chi connectivity index (χ2v) is 6.49. The summed E-state index contributed by atoms with van der Waals surface area (Å²) < 4.78 is 0. The third-order valence-corrected chi connectivity index (χ3v) is 4.60. The molecule has 1 unspecified atom stereocenters. The summed E-state index contributed by atoms with van der Waals surface area (Å²) in [6, 6.07) is 8.88. The monoisotopic (exact) mass is 275 g/mol. The maximum absolute atomic E-state index is 6.11. The molecular weight excluding hydrogens is 246 g/mol. The van der Waals surface area contributed by atoms with E-state index in [1.165, 1.54) is 43.6 Å². The molecule has 112 valence electrons. The first-order valence-electron chi connectivity index (χ1n) is 7.76. The number of rotatable bonds is 5. The molecule has 1 fully saturated rings. The van der Waals surface area contributed by atoms with Gasteiger partial charge in [0.1, 0.15) is 0 Å². The first-order valence-corrected chi connectivity index (χ1v) is 7.76. The Balaban J connectivity index is 2.08. The van der Waals surface area contributed by atoms with E-state index in [9.17, 15) is 0 Å². The molecule has 0 saturated carbocycles. The molecule has 0 aromatic heterocycles. The van der Waals surface area contributed by atoms with Crippen molar-refractivity contribution in [2.45, 2.75) is 38.1 Å². The van der Waals surface area contributed by atoms with Crippen LogP contribution >= 0.6 is 0 Å². The van der Waals surface area contributed by atoms with Crippen LogP contribution in [0.4, 0.5) is 5.69 Å². The second kappa shape index (κ2) is 6.59. The largest absolute Gasteiger partial charge is 0.378 e. The summed E-state index contributed by atoms with van der Waals surface area (Å²) in [6.07, 6.45) is 5.04. The molecule has 0 spiro atoms. The molecular formula is C17H29N3. The predicted molar refractivity (Wildman–Crippen MR) is 87.4 cm³/mol. The zero-order valence-corrected chi connectivity index (χ0v) is 13.2. The van der Waals surface area contributed by atoms with Gasteiger partial charge in [0, 0.05) is 31.9 Å². The highest BCUT2D eigenvalue weighted by atomic mass is 15.2. The van der Waals surface area contributed by atoms with Crippen LogP contribution in [0.3, 0.4) is 0 Å². The molecule has 2 rings (SSSR count). The fraction of sp³-hybridized carbons (Fsp3) is 0.647. The number of likely N-dealkylation sites (tertiary alicyclic amines) is 1. The molecule has 0 amide bonds. The third kappa shape index (κ3) is 3.53. The van der Waals surface area contributed by atoms with Crippen molar-refractivity contribution in [2.75, 3.05) is 38.6 Å². The van der Waals surface area contributed by atoms with E-state index < -0.39 is 0 Å². The Morgan fingerprint density at radius 2 is 1.70 bits per heavy atom. The first-order chi connectivity index (χ1) is 9.55. The fourth-order valence-corrected chi connectivity index (χ4v) is 3.10. The van der Waals surface area contributed by atoms with Crippen molar-refractivity contribution in [3.63, 3.8) is 0 Å². The molecule has 1 saturated heterocycles. The number of hydrogen-bond acceptors (Lipinski definition) is 3. The molecule has 2 N–H and O–H groups in total. The first kappa shape index (κ1) is 15.3. The molecule has 3 nitrogen and oxygen atoms in total. The van der Waals surface area contributed by atoms with Gasteiger partial charge < -0.3 is 10.6 Å². The van der Waals surface area contributed by atoms with Gasteiger partial charge in [-0.3, -0.25) is 4.90 Å². The van der Waals surface area contributed by atoms with Crippen LogP contribution < -0.4 is 10.6 Å². The van der Waals surface area contributed by atoms with Gasteiger partial charge in [-0.15, -0.1) is 0 Å². The molecule has 1 aromatic rings. The van der Waals surface area contributed by atoms with Crippen LogP contribution in [0.1, 0.15) is 31.7 Å². The van der Waals surface area contributed by atoms with Crippen LogP contribution in [0.15, 0.2) is 24.3 Å². The summed E-state index contributed by atoms with van der Waals surface area (Å²) in [6.45, 7) is 5.44. The summed E-state index contributed by atoms with van der Waals surface area (Å²) in [5.74, 6) is 0. The minimum absolute atomic E-state index is 0.0973. The van der Waals surface area contributed by atoms with Gasteiger partial charge in [0.05, 0.1) is 0 Å². The van der Waals surface area contributed by atoms with E-state index in [2.05, 4.69) is 55.1 Å². The van der Waals surface area contributed by atoms with Gasteiger partial charge in [-0.05, 0) is 57.0 Å². The van der Waals surface area contributed by atoms with E-state index in [1.54, 1.807) is 0 Å². The SMILES string of the molecule is CN(C)c1ccc(CC(C)(CN)N2CCCCC2)cc1. The predicted octanol–water partition coefficient (Wildman–Crippen LogP) is 2.50. The van der Waals surface area contributed by atoms with Crippen molar-refractivity contribution >= 4 is 5.69 Å². The standard InChI is InChI=1S/C17H29N3/c1-17(14-18,20-11-5-4-6-12-20)13-15-7-9-16(10-8-15)19(2)3/h7-10H,4-6,11-14,18H2,1-3H3. The van der Waals surface area contributed by atoms with Crippen molar-refractivity contribution in [2.24, 2.45) is 5.73 Å². The molecule has 0 radical (unpaired) electrons. The molecule has 3 heteroatoms. The highest BCUT2D eigenvalue weighted by Crippen LogP contribution is 2.25. The average Bonchev–Trinajstić information content (AvgIpc) is 2.48. The van der Waals surface area contributed by atoms with E-state index in [-0.39, 0.29) is 5.54 Å². The lowest BCUT2D eigenvalue weighted by atomic mass is 9.89. The molecule has 1 heterocycles. The maximum atomic E-state index is 6.11. The smallest absolute Gasteiger partial charge is 0.0361 e. The topological polar surface area (TPSA) is 32.5 Å². The lowest BCUT2D eigenvalue weighted by Gasteiger charge is -2.43. The van der Waals surface area contributed by atoms with Crippen molar-refractivity contribution in [3.05, 3.63) is 29.8 Å². The number of benzene rings is 1. The summed E-state index contributed by atoms with van der Waals surface area (Å²) in [7, 11) is 4.15. The number of nitrogens with zero attached hydrogens (tertiary/aromatic N) is 2. The Bertz CT molecular complexity index is 407. The zero-order valence-electron chi connectivity index (χ0n) is 13.2. The summed E-state index contributed by atoms with van der Waals surface area (Å²) >= 11 is 0. The summed E-state index contributed by atoms with van der Waals surface area (Å²) in [5.41, 5.74) is 8.85. The van der Waals surface area contributed by atoms with E-state index >= 15 is 0 Å². The van der Waals surface area contributed by atoms with Gasteiger partial charge in [-0.25, -0.2) is 0 Å². The van der Waals surface area contributed by atoms with Crippen molar-refractivity contribution < 1.29 is 0 Å². The van der Waals surface area contributed by atoms with Gasteiger partial charge in [0.25, 0.3) is 0 Å². The van der Waals surface area contributed by atoms with Crippen LogP contribution in [0.2, 0.25) is 0 Å². The lowest BCUT2D eigenvalue weighted by molar-refractivity contribution is 0.0870. The molecule has 0 bridgehead atoms. The highest BCUT2D eigenvalue weighted by molar-refractivity contribution is 5.46. The van der Waals surface area contributed by atoms with Crippen LogP contribution in [0, 0.1) is 0 Å². The molecule has 1 atom stereocenters. The van der Waals surface area contributed by atoms with Crippen molar-refractivity contribution in [1.29, 1.82) is 0 Å². The van der Waals surface area contributed by atoms with Crippen LogP contribution in [0.25, 0.3) is 0 Å². The third-order valence-electron chi connectivity index (χ3n) is 4.60. The quantitative estimate of drug-likeness (QED) is 0.896. The Morgan fingerprint density at radius 3 is 2.20 bits per heavy atom. The van der Waals surface area contributed by atoms with E-state index in [0.29, 0.717) is 0 Å². The normalized spacial score (nSPS) is 19.6. The highest BCUT2D eigenvalue weighted by Gasteiger charge is 2.31. The molecule has 0 aliphatic carbocycles. The molecule has 1 aromatic carbocycles. The number of piperidine rings is 1. The van der Waals surface area contributed by atoms with Crippen LogP contribution in [0.5, 0.6) is 0 Å². The van der Waals surface area contributed by atoms with Gasteiger partial charge in [0.2, 0.25) is 0 Å². The second-order valence-electron chi connectivity index (χ2n) is 6.49. The Kier molecular flexibility index (Phi) is 5.06. The van der Waals surface area contributed by atoms with Crippen LogP contribution in [-0.2, 0) is 6.42 Å². The number of nitrogens with two attached hydrogens (primary N) is 1. The minimum Gasteiger partial charge on any atom is -0.378 e. The molecule has 20 heavy (non-hydrogen) atoms. The van der Waals surface area contributed by atoms with E-state index in [4.69, 9.17) is 5.73 Å². The number of anilines is 1. The van der Waals surface area contributed by atoms with Gasteiger partial charge in [-0.2, -0.15) is 0 Å². The van der Waals surface area contributed by atoms with Gasteiger partial charge in [-0.1, -0.05) is 18.6 Å². The van der Waals surface area contributed by atoms with Gasteiger partial charge >= 0.3 is 0 Å². The Labute approximate surface area is 123 Å².